The molecule has 0 aliphatic heterocycles. The van der Waals surface area contributed by atoms with Crippen molar-refractivity contribution in [2.75, 3.05) is 11.9 Å². The van der Waals surface area contributed by atoms with Crippen molar-refractivity contribution in [2.24, 2.45) is 5.92 Å². The monoisotopic (exact) mass is 444 g/mol. The highest BCUT2D eigenvalue weighted by atomic mass is 31.2. The molecule has 162 valence electrons. The Balaban J connectivity index is 1.68. The third-order valence-electron chi connectivity index (χ3n) is 4.56. The van der Waals surface area contributed by atoms with Gasteiger partial charge in [0.05, 0.1) is 5.92 Å². The maximum atomic E-state index is 13.0. The van der Waals surface area contributed by atoms with Gasteiger partial charge in [0.25, 0.3) is 0 Å². The van der Waals surface area contributed by atoms with E-state index in [1.165, 1.54) is 30.5 Å². The fourth-order valence-electron chi connectivity index (χ4n) is 3.11. The number of pyridine rings is 1. The van der Waals surface area contributed by atoms with E-state index in [0.717, 1.165) is 0 Å². The zero-order chi connectivity index (χ0) is 22.4. The Hall–Kier alpha value is -3.22. The van der Waals surface area contributed by atoms with Crippen molar-refractivity contribution >= 4 is 19.2 Å². The van der Waals surface area contributed by atoms with Crippen molar-refractivity contribution < 1.29 is 28.5 Å². The van der Waals surface area contributed by atoms with Crippen LogP contribution < -0.4 is 10.5 Å². The zero-order valence-corrected chi connectivity index (χ0v) is 17.4. The number of nitrogens with two attached hydrogens (primary N) is 1. The van der Waals surface area contributed by atoms with E-state index < -0.39 is 19.3 Å². The van der Waals surface area contributed by atoms with Gasteiger partial charge in [0.15, 0.2) is 0 Å². The largest absolute Gasteiger partial charge is 0.481 e. The highest BCUT2D eigenvalue weighted by molar-refractivity contribution is 7.57. The number of aliphatic carboxylic acids is 1. The fraction of sp³-hybridized carbons (Fsp3) is 0.182. The number of nitrogens with zero attached hydrogens (tertiary/aromatic N) is 1. The molecule has 7 nitrogen and oxygen atoms in total. The summed E-state index contributed by atoms with van der Waals surface area (Å²) in [5.74, 6) is -1.42. The molecule has 0 aliphatic carbocycles. The Labute approximate surface area is 178 Å². The first-order chi connectivity index (χ1) is 14.7. The Morgan fingerprint density at radius 1 is 1.10 bits per heavy atom. The zero-order valence-electron chi connectivity index (χ0n) is 16.5. The van der Waals surface area contributed by atoms with Gasteiger partial charge in [-0.05, 0) is 60.0 Å². The minimum Gasteiger partial charge on any atom is -0.481 e. The van der Waals surface area contributed by atoms with Crippen LogP contribution in [0.4, 0.5) is 10.2 Å². The third-order valence-corrected chi connectivity index (χ3v) is 6.43. The second-order valence-electron chi connectivity index (χ2n) is 7.22. The van der Waals surface area contributed by atoms with E-state index in [4.69, 9.17) is 10.5 Å². The van der Waals surface area contributed by atoms with Crippen LogP contribution in [0.15, 0.2) is 66.9 Å². The van der Waals surface area contributed by atoms with E-state index in [-0.39, 0.29) is 24.6 Å². The maximum absolute atomic E-state index is 13.0. The minimum absolute atomic E-state index is 0.0703. The number of hydrogen-bond donors (Lipinski definition) is 3. The summed E-state index contributed by atoms with van der Waals surface area (Å²) in [4.78, 5) is 26.1. The lowest BCUT2D eigenvalue weighted by molar-refractivity contribution is -0.141. The van der Waals surface area contributed by atoms with Crippen molar-refractivity contribution in [2.45, 2.75) is 12.6 Å². The highest BCUT2D eigenvalue weighted by Gasteiger charge is 2.29. The Morgan fingerprint density at radius 2 is 1.84 bits per heavy atom. The molecular weight excluding hydrogens is 422 g/mol. The molecule has 0 saturated heterocycles. The van der Waals surface area contributed by atoms with E-state index >= 15 is 0 Å². The number of benzene rings is 2. The van der Waals surface area contributed by atoms with Gasteiger partial charge in [-0.2, -0.15) is 0 Å². The summed E-state index contributed by atoms with van der Waals surface area (Å²) >= 11 is 0. The van der Waals surface area contributed by atoms with Crippen molar-refractivity contribution in [1.82, 2.24) is 4.98 Å². The van der Waals surface area contributed by atoms with Gasteiger partial charge >= 0.3 is 5.97 Å². The normalized spacial score (nSPS) is 13.9. The lowest BCUT2D eigenvalue weighted by atomic mass is 10.0. The standard InChI is InChI=1S/C22H22FN2O5P/c23-18-5-7-19(8-6-18)30-20-3-1-2-16(11-20)13-31(28,29)14-17(22(26)27)10-15-4-9-21(24)25-12-15/h1-9,11-12,17H,10,13-14H2,(H2,24,25)(H,26,27)(H,28,29). The van der Waals surface area contributed by atoms with Crippen LogP contribution in [-0.2, 0) is 21.9 Å². The van der Waals surface area contributed by atoms with Crippen LogP contribution in [0, 0.1) is 11.7 Å². The quantitative estimate of drug-likeness (QED) is 0.420. The summed E-state index contributed by atoms with van der Waals surface area (Å²) in [5.41, 5.74) is 6.69. The molecule has 1 heterocycles. The first kappa shape index (κ1) is 22.5. The van der Waals surface area contributed by atoms with Gasteiger partial charge in [0.2, 0.25) is 7.37 Å². The molecule has 3 rings (SSSR count). The number of anilines is 1. The molecule has 3 aromatic rings. The summed E-state index contributed by atoms with van der Waals surface area (Å²) in [6, 6.07) is 15.3. The molecule has 0 radical (unpaired) electrons. The molecule has 0 spiro atoms. The third kappa shape index (κ3) is 6.91. The number of aromatic nitrogens is 1. The maximum Gasteiger partial charge on any atom is 0.307 e. The smallest absolute Gasteiger partial charge is 0.307 e. The van der Waals surface area contributed by atoms with Gasteiger partial charge < -0.3 is 20.5 Å². The second-order valence-corrected chi connectivity index (χ2v) is 9.59. The topological polar surface area (TPSA) is 123 Å². The van der Waals surface area contributed by atoms with E-state index in [2.05, 4.69) is 4.98 Å². The fourth-order valence-corrected chi connectivity index (χ4v) is 4.98. The van der Waals surface area contributed by atoms with Gasteiger partial charge in [-0.25, -0.2) is 9.37 Å². The number of halogens is 1. The van der Waals surface area contributed by atoms with Gasteiger partial charge in [-0.3, -0.25) is 9.36 Å². The molecule has 9 heteroatoms. The average molecular weight is 444 g/mol. The van der Waals surface area contributed by atoms with Crippen molar-refractivity contribution in [3.05, 3.63) is 83.8 Å². The van der Waals surface area contributed by atoms with Crippen LogP contribution in [0.2, 0.25) is 0 Å². The summed E-state index contributed by atoms with van der Waals surface area (Å²) < 4.78 is 31.5. The molecule has 2 atom stereocenters. The Kier molecular flexibility index (Phi) is 7.05. The number of carboxylic acid groups (broad SMARTS) is 1. The molecule has 1 aromatic heterocycles. The summed E-state index contributed by atoms with van der Waals surface area (Å²) in [6.45, 7) is 0. The van der Waals surface area contributed by atoms with Gasteiger partial charge in [0.1, 0.15) is 23.1 Å². The highest BCUT2D eigenvalue weighted by Crippen LogP contribution is 2.47. The van der Waals surface area contributed by atoms with Crippen LogP contribution in [0.5, 0.6) is 11.5 Å². The predicted octanol–water partition coefficient (Wildman–Crippen LogP) is 4.31. The molecule has 0 saturated carbocycles. The Bertz CT molecular complexity index is 1090. The summed E-state index contributed by atoms with van der Waals surface area (Å²) in [5, 5.41) is 9.52. The first-order valence-electron chi connectivity index (χ1n) is 9.46. The minimum atomic E-state index is -3.81. The SMILES string of the molecule is Nc1ccc(CC(CP(=O)(O)Cc2cccc(Oc3ccc(F)cc3)c2)C(=O)O)cn1. The van der Waals surface area contributed by atoms with Gasteiger partial charge in [-0.1, -0.05) is 18.2 Å². The van der Waals surface area contributed by atoms with Crippen molar-refractivity contribution in [1.29, 1.82) is 0 Å². The molecule has 2 aromatic carbocycles. The molecular formula is C22H22FN2O5P. The number of hydrogen-bond acceptors (Lipinski definition) is 5. The van der Waals surface area contributed by atoms with Crippen LogP contribution in [0.3, 0.4) is 0 Å². The van der Waals surface area contributed by atoms with Crippen LogP contribution in [0.1, 0.15) is 11.1 Å². The number of rotatable bonds is 9. The molecule has 31 heavy (non-hydrogen) atoms. The van der Waals surface area contributed by atoms with E-state index in [1.807, 2.05) is 0 Å². The van der Waals surface area contributed by atoms with Gasteiger partial charge in [-0.15, -0.1) is 0 Å². The van der Waals surface area contributed by atoms with E-state index in [9.17, 15) is 23.7 Å². The number of nitrogen functional groups attached to an aromatic ring is 1. The number of ether oxygens (including phenoxy) is 1. The molecule has 4 N–H and O–H groups in total. The number of carbonyl (C=O) groups is 1. The number of carboxylic acids is 1. The molecule has 0 bridgehead atoms. The lowest BCUT2D eigenvalue weighted by Crippen LogP contribution is -2.21. The van der Waals surface area contributed by atoms with Crippen molar-refractivity contribution in [3.63, 3.8) is 0 Å². The lowest BCUT2D eigenvalue weighted by Gasteiger charge is -2.18. The van der Waals surface area contributed by atoms with Gasteiger partial charge in [0, 0.05) is 18.5 Å². The van der Waals surface area contributed by atoms with E-state index in [0.29, 0.717) is 28.4 Å². The average Bonchev–Trinajstić information content (AvgIpc) is 2.70. The predicted molar refractivity (Wildman–Crippen MR) is 115 cm³/mol. The molecule has 0 fully saturated rings. The van der Waals surface area contributed by atoms with Crippen LogP contribution in [0.25, 0.3) is 0 Å². The first-order valence-corrected chi connectivity index (χ1v) is 11.5. The van der Waals surface area contributed by atoms with Crippen molar-refractivity contribution in [3.8, 4) is 11.5 Å². The van der Waals surface area contributed by atoms with Crippen LogP contribution in [-0.4, -0.2) is 27.1 Å². The summed E-state index contributed by atoms with van der Waals surface area (Å²) in [7, 11) is -3.81. The van der Waals surface area contributed by atoms with E-state index in [1.54, 1.807) is 36.4 Å². The molecule has 0 amide bonds. The Morgan fingerprint density at radius 3 is 2.48 bits per heavy atom. The molecule has 2 unspecified atom stereocenters. The second kappa shape index (κ2) is 9.73. The van der Waals surface area contributed by atoms with Crippen LogP contribution >= 0.6 is 7.37 Å². The molecule has 0 aliphatic rings. The summed E-state index contributed by atoms with van der Waals surface area (Å²) in [6.07, 6.45) is 0.956.